The summed E-state index contributed by atoms with van der Waals surface area (Å²) in [4.78, 5) is 8.67. The maximum absolute atomic E-state index is 12.6. The van der Waals surface area contributed by atoms with Gasteiger partial charge in [-0.2, -0.15) is 9.40 Å². The normalized spacial score (nSPS) is 15.9. The molecule has 0 bridgehead atoms. The third-order valence-corrected chi connectivity index (χ3v) is 6.44. The number of sulfonamides is 1. The first-order valence-electron chi connectivity index (χ1n) is 8.87. The lowest BCUT2D eigenvalue weighted by molar-refractivity contribution is 0.477. The van der Waals surface area contributed by atoms with Crippen LogP contribution in [0.1, 0.15) is 24.2 Å². The molecule has 146 valence electrons. The maximum atomic E-state index is 12.6. The summed E-state index contributed by atoms with van der Waals surface area (Å²) >= 11 is 0. The smallest absolute Gasteiger partial charge is 0.243 e. The van der Waals surface area contributed by atoms with Crippen LogP contribution in [0, 0.1) is 0 Å². The van der Waals surface area contributed by atoms with Gasteiger partial charge < -0.3 is 10.6 Å². The van der Waals surface area contributed by atoms with Crippen LogP contribution in [0.4, 0.5) is 0 Å². The second-order valence-corrected chi connectivity index (χ2v) is 8.27. The third kappa shape index (κ3) is 4.64. The number of hydrogen-bond acceptors (Lipinski definition) is 5. The van der Waals surface area contributed by atoms with Gasteiger partial charge in [-0.25, -0.2) is 13.4 Å². The molecule has 1 aliphatic heterocycles. The van der Waals surface area contributed by atoms with Gasteiger partial charge in [0.15, 0.2) is 5.96 Å². The van der Waals surface area contributed by atoms with Crippen LogP contribution in [0.15, 0.2) is 40.5 Å². The first kappa shape index (κ1) is 19.3. The van der Waals surface area contributed by atoms with E-state index in [1.165, 1.54) is 6.33 Å². The first-order chi connectivity index (χ1) is 13.0. The Kier molecular flexibility index (Phi) is 6.07. The summed E-state index contributed by atoms with van der Waals surface area (Å²) in [5.74, 6) is 1.43. The molecule has 0 aliphatic carbocycles. The van der Waals surface area contributed by atoms with Crippen molar-refractivity contribution in [1.29, 1.82) is 0 Å². The van der Waals surface area contributed by atoms with E-state index in [0.717, 1.165) is 24.2 Å². The van der Waals surface area contributed by atoms with Gasteiger partial charge in [0.2, 0.25) is 10.0 Å². The van der Waals surface area contributed by atoms with Gasteiger partial charge in [-0.3, -0.25) is 9.67 Å². The SMILES string of the molecule is CN=C(NCc1ccc(S(=O)(=O)N2CCCC2)cc1)NCc1ncnn1C. The lowest BCUT2D eigenvalue weighted by atomic mass is 10.2. The number of aromatic nitrogens is 3. The molecular weight excluding hydrogens is 366 g/mol. The fourth-order valence-corrected chi connectivity index (χ4v) is 4.42. The summed E-state index contributed by atoms with van der Waals surface area (Å²) in [7, 11) is 0.156. The molecule has 0 spiro atoms. The molecule has 1 saturated heterocycles. The number of benzene rings is 1. The second kappa shape index (κ2) is 8.49. The molecular formula is C17H25N7O2S. The zero-order chi connectivity index (χ0) is 19.3. The first-order valence-corrected chi connectivity index (χ1v) is 10.3. The molecule has 3 rings (SSSR count). The average Bonchev–Trinajstić information content (AvgIpc) is 3.35. The predicted octanol–water partition coefficient (Wildman–Crippen LogP) is 0.465. The minimum absolute atomic E-state index is 0.345. The molecule has 0 amide bonds. The van der Waals surface area contributed by atoms with Gasteiger partial charge in [0.1, 0.15) is 12.2 Å². The number of nitrogens with one attached hydrogen (secondary N) is 2. The van der Waals surface area contributed by atoms with Crippen molar-refractivity contribution in [2.45, 2.75) is 30.8 Å². The van der Waals surface area contributed by atoms with Gasteiger partial charge >= 0.3 is 0 Å². The highest BCUT2D eigenvalue weighted by Crippen LogP contribution is 2.21. The van der Waals surface area contributed by atoms with E-state index >= 15 is 0 Å². The Labute approximate surface area is 159 Å². The van der Waals surface area contributed by atoms with Crippen molar-refractivity contribution in [3.63, 3.8) is 0 Å². The van der Waals surface area contributed by atoms with E-state index in [-0.39, 0.29) is 0 Å². The van der Waals surface area contributed by atoms with Crippen molar-refractivity contribution >= 4 is 16.0 Å². The molecule has 9 nitrogen and oxygen atoms in total. The number of nitrogens with zero attached hydrogens (tertiary/aromatic N) is 5. The molecule has 0 saturated carbocycles. The minimum Gasteiger partial charge on any atom is -0.352 e. The van der Waals surface area contributed by atoms with Crippen LogP contribution in [0.5, 0.6) is 0 Å². The Hall–Kier alpha value is -2.46. The highest BCUT2D eigenvalue weighted by molar-refractivity contribution is 7.89. The molecule has 27 heavy (non-hydrogen) atoms. The quantitative estimate of drug-likeness (QED) is 0.548. The number of rotatable bonds is 6. The van der Waals surface area contributed by atoms with Crippen molar-refractivity contribution < 1.29 is 8.42 Å². The predicted molar refractivity (Wildman–Crippen MR) is 102 cm³/mol. The number of aryl methyl sites for hydroxylation is 1. The molecule has 2 heterocycles. The zero-order valence-electron chi connectivity index (χ0n) is 15.6. The molecule has 1 aliphatic rings. The molecule has 2 aromatic rings. The molecule has 1 aromatic carbocycles. The molecule has 0 unspecified atom stereocenters. The highest BCUT2D eigenvalue weighted by Gasteiger charge is 2.26. The van der Waals surface area contributed by atoms with Gasteiger partial charge in [-0.05, 0) is 30.5 Å². The number of guanidine groups is 1. The van der Waals surface area contributed by atoms with Crippen LogP contribution in [0.2, 0.25) is 0 Å². The number of hydrogen-bond donors (Lipinski definition) is 2. The molecule has 10 heteroatoms. The van der Waals surface area contributed by atoms with Crippen molar-refractivity contribution in [2.24, 2.45) is 12.0 Å². The number of aliphatic imine (C=N–C) groups is 1. The van der Waals surface area contributed by atoms with Gasteiger partial charge in [-0.1, -0.05) is 12.1 Å². The van der Waals surface area contributed by atoms with Crippen molar-refractivity contribution in [3.05, 3.63) is 42.0 Å². The summed E-state index contributed by atoms with van der Waals surface area (Å²) in [6, 6.07) is 6.98. The Morgan fingerprint density at radius 2 is 1.81 bits per heavy atom. The maximum Gasteiger partial charge on any atom is 0.243 e. The van der Waals surface area contributed by atoms with Gasteiger partial charge in [0.05, 0.1) is 11.4 Å². The van der Waals surface area contributed by atoms with Crippen molar-refractivity contribution in [2.75, 3.05) is 20.1 Å². The second-order valence-electron chi connectivity index (χ2n) is 6.33. The third-order valence-electron chi connectivity index (χ3n) is 4.53. The van der Waals surface area contributed by atoms with E-state index in [1.807, 2.05) is 19.2 Å². The minimum atomic E-state index is -3.37. The van der Waals surface area contributed by atoms with Crippen LogP contribution in [-0.4, -0.2) is 53.6 Å². The largest absolute Gasteiger partial charge is 0.352 e. The molecule has 1 fully saturated rings. The summed E-state index contributed by atoms with van der Waals surface area (Å²) in [6.07, 6.45) is 3.37. The Balaban J connectivity index is 1.55. The lowest BCUT2D eigenvalue weighted by Gasteiger charge is -2.16. The summed E-state index contributed by atoms with van der Waals surface area (Å²) < 4.78 is 28.4. The lowest BCUT2D eigenvalue weighted by Crippen LogP contribution is -2.37. The van der Waals surface area contributed by atoms with E-state index in [2.05, 4.69) is 25.7 Å². The standard InChI is InChI=1S/C17H25N7O2S/c1-18-17(20-12-16-21-13-22-23(16)2)19-11-14-5-7-15(8-6-14)27(25,26)24-9-3-4-10-24/h5-8,13H,3-4,9-12H2,1-2H3,(H2,18,19,20). The van der Waals surface area contributed by atoms with E-state index in [1.54, 1.807) is 28.2 Å². The topological polar surface area (TPSA) is 105 Å². The Morgan fingerprint density at radius 3 is 2.41 bits per heavy atom. The molecule has 2 N–H and O–H groups in total. The monoisotopic (exact) mass is 391 g/mol. The zero-order valence-corrected chi connectivity index (χ0v) is 16.4. The summed E-state index contributed by atoms with van der Waals surface area (Å²) in [5, 5.41) is 10.4. The highest BCUT2D eigenvalue weighted by atomic mass is 32.2. The van der Waals surface area contributed by atoms with Crippen LogP contribution in [0.3, 0.4) is 0 Å². The molecule has 0 atom stereocenters. The van der Waals surface area contributed by atoms with E-state index in [0.29, 0.717) is 37.0 Å². The van der Waals surface area contributed by atoms with Crippen molar-refractivity contribution in [3.8, 4) is 0 Å². The van der Waals surface area contributed by atoms with Gasteiger partial charge in [0.25, 0.3) is 0 Å². The van der Waals surface area contributed by atoms with Crippen LogP contribution >= 0.6 is 0 Å². The Morgan fingerprint density at radius 1 is 1.15 bits per heavy atom. The summed E-state index contributed by atoms with van der Waals surface area (Å²) in [6.45, 7) is 2.25. The van der Waals surface area contributed by atoms with E-state index < -0.39 is 10.0 Å². The molecule has 0 radical (unpaired) electrons. The van der Waals surface area contributed by atoms with Crippen LogP contribution in [0.25, 0.3) is 0 Å². The van der Waals surface area contributed by atoms with Crippen LogP contribution in [-0.2, 0) is 30.2 Å². The fraction of sp³-hybridized carbons (Fsp3) is 0.471. The fourth-order valence-electron chi connectivity index (χ4n) is 2.91. The molecule has 1 aromatic heterocycles. The average molecular weight is 392 g/mol. The van der Waals surface area contributed by atoms with E-state index in [4.69, 9.17) is 0 Å². The van der Waals surface area contributed by atoms with Gasteiger partial charge in [0, 0.05) is 33.7 Å². The van der Waals surface area contributed by atoms with E-state index in [9.17, 15) is 8.42 Å². The Bertz CT molecular complexity index is 884. The van der Waals surface area contributed by atoms with Crippen LogP contribution < -0.4 is 10.6 Å². The van der Waals surface area contributed by atoms with Crippen molar-refractivity contribution in [1.82, 2.24) is 29.7 Å². The van der Waals surface area contributed by atoms with Gasteiger partial charge in [-0.15, -0.1) is 0 Å². The summed E-state index contributed by atoms with van der Waals surface area (Å²) in [5.41, 5.74) is 0.969.